The van der Waals surface area contributed by atoms with Gasteiger partial charge in [-0.15, -0.1) is 0 Å². The number of carbonyl (C=O) groups is 4. The zero-order valence-corrected chi connectivity index (χ0v) is 83.8. The lowest BCUT2D eigenvalue weighted by molar-refractivity contribution is -0.106. The Hall–Kier alpha value is -8.88. The summed E-state index contributed by atoms with van der Waals surface area (Å²) in [5.41, 5.74) is 12.4. The number of carbonyl (C=O) groups excluding carboxylic acids is 4. The minimum atomic E-state index is -0.607. The first-order valence-corrected chi connectivity index (χ1v) is 53.8. The second-order valence-electron chi connectivity index (χ2n) is 46.0. The third-order valence-corrected chi connectivity index (χ3v) is 34.5. The van der Waals surface area contributed by atoms with Crippen molar-refractivity contribution in [2.24, 2.45) is 5.92 Å². The van der Waals surface area contributed by atoms with Crippen LogP contribution in [-0.4, -0.2) is 138 Å². The minimum absolute atomic E-state index is 0.0753. The standard InChI is InChI=1S/C31H42N2O4.C31H40N2O4.C31H41NO2.C27H33NO2/c2*1-29(2,3)37-28(35)33(25-13-14-26(34)24-11-5-4-10-23(24)25)20-17-30(27-12-6-9-19-32-27)18-21-36-31(22-30)15-7-8-16-31;1-2-10-27-26(9-1)25(14-15-28(27)33-22-24-12-13-24)8-7-16-30(29-11-3-6-20-32-29)19-21-34-31(23-30)17-4-5-18-31;29-24-13-12-21(22-9-1-2-10-23(22)24)8-7-14-26(25-11-3-6-18-28-25)17-19-30-27(20-26)15-4-5-16-27/h4-6,9-12,19,25-26,34H,7-8,13-18,20-22H2,1-3H3;4-6,9-12,19,25H,7-8,13-18,20-22H2,1-3H3;1-3,6,9-11,20,24-25,28H,4-5,7-8,12-19,21-23H2;1-3,6,9-11,18,21H,4-5,7-8,12-17,19-20H2/t25-,26-,30+;25-,30+;25-,28-,30+;21-,26+/m0000/s1. The third-order valence-electron chi connectivity index (χ3n) is 34.5. The Morgan fingerprint density at radius 3 is 1.12 bits per heavy atom. The molecular formula is C120H156N6O12. The van der Waals surface area contributed by atoms with E-state index in [1.165, 1.54) is 157 Å². The smallest absolute Gasteiger partial charge is 0.410 e. The van der Waals surface area contributed by atoms with Crippen LogP contribution in [0.15, 0.2) is 195 Å². The van der Waals surface area contributed by atoms with Crippen LogP contribution in [-0.2, 0) is 54.8 Å². The van der Waals surface area contributed by atoms with Gasteiger partial charge in [-0.05, 0) is 334 Å². The molecule has 0 unspecified atom stereocenters. The molecule has 0 radical (unpaired) electrons. The lowest BCUT2D eigenvalue weighted by atomic mass is 9.66. The van der Waals surface area contributed by atoms with Gasteiger partial charge in [-0.3, -0.25) is 29.5 Å². The quantitative estimate of drug-likeness (QED) is 0.0631. The number of ketones is 2. The average Bonchev–Trinajstić information content (AvgIpc) is 1.06. The summed E-state index contributed by atoms with van der Waals surface area (Å²) >= 11 is 0. The maximum absolute atomic E-state index is 13.7. The number of hydrogen-bond donors (Lipinski definition) is 1. The molecule has 10 atom stereocenters. The molecule has 138 heavy (non-hydrogen) atoms. The Kier molecular flexibility index (Phi) is 31.3. The first-order valence-electron chi connectivity index (χ1n) is 53.8. The van der Waals surface area contributed by atoms with Gasteiger partial charge < -0.3 is 48.1 Å². The number of hydrogen-bond acceptors (Lipinski definition) is 16. The van der Waals surface area contributed by atoms with Crippen LogP contribution < -0.4 is 0 Å². The van der Waals surface area contributed by atoms with E-state index >= 15 is 0 Å². The molecule has 1 N–H and O–H groups in total. The van der Waals surface area contributed by atoms with Crippen LogP contribution in [0.1, 0.15) is 424 Å². The molecule has 738 valence electrons. The van der Waals surface area contributed by atoms with Crippen LogP contribution in [0.3, 0.4) is 0 Å². The summed E-state index contributed by atoms with van der Waals surface area (Å²) in [6.07, 6.45) is 52.5. The summed E-state index contributed by atoms with van der Waals surface area (Å²) < 4.78 is 44.0. The van der Waals surface area contributed by atoms with Gasteiger partial charge in [-0.25, -0.2) is 9.59 Å². The van der Waals surface area contributed by atoms with Crippen molar-refractivity contribution >= 4 is 23.8 Å². The van der Waals surface area contributed by atoms with Gasteiger partial charge in [0.25, 0.3) is 0 Å². The largest absolute Gasteiger partial charge is 0.444 e. The molecule has 18 heteroatoms. The number of pyridine rings is 4. The second kappa shape index (κ2) is 43.5. The number of fused-ring (bicyclic) bond motifs is 4. The van der Waals surface area contributed by atoms with Crippen LogP contribution in [0.4, 0.5) is 9.59 Å². The molecule has 4 saturated heterocycles. The maximum atomic E-state index is 13.7. The Labute approximate surface area is 822 Å². The van der Waals surface area contributed by atoms with E-state index in [-0.39, 0.29) is 74.1 Å². The second-order valence-corrected chi connectivity index (χ2v) is 46.0. The summed E-state index contributed by atoms with van der Waals surface area (Å²) in [5.74, 6) is 2.47. The molecule has 9 fully saturated rings. The molecule has 2 amide bonds. The lowest BCUT2D eigenvalue weighted by Gasteiger charge is -2.47. The number of benzene rings is 4. The number of Topliss-reactive ketones (excluding diaryl/α,β-unsaturated/α-hetero) is 2. The van der Waals surface area contributed by atoms with E-state index < -0.39 is 17.3 Å². The molecule has 0 bridgehead atoms. The highest BCUT2D eigenvalue weighted by atomic mass is 16.6. The van der Waals surface area contributed by atoms with Gasteiger partial charge in [0.1, 0.15) is 11.2 Å². The van der Waals surface area contributed by atoms with Crippen LogP contribution in [0.5, 0.6) is 0 Å². The number of rotatable bonds is 23. The van der Waals surface area contributed by atoms with Crippen molar-refractivity contribution in [1.82, 2.24) is 29.7 Å². The minimum Gasteiger partial charge on any atom is -0.444 e. The number of nitrogens with zero attached hydrogens (tertiary/aromatic N) is 6. The number of ether oxygens (including phenoxy) is 7. The van der Waals surface area contributed by atoms with E-state index in [1.807, 2.05) is 149 Å². The van der Waals surface area contributed by atoms with Crippen LogP contribution in [0.2, 0.25) is 0 Å². The molecule has 4 aliphatic heterocycles. The maximum Gasteiger partial charge on any atom is 0.410 e. The highest BCUT2D eigenvalue weighted by Gasteiger charge is 2.55. The predicted molar refractivity (Wildman–Crippen MR) is 541 cm³/mol. The van der Waals surface area contributed by atoms with Crippen molar-refractivity contribution in [2.45, 2.75) is 403 Å². The highest BCUT2D eigenvalue weighted by Crippen LogP contribution is 2.57. The Bertz CT molecular complexity index is 5350. The van der Waals surface area contributed by atoms with Gasteiger partial charge >= 0.3 is 12.2 Å². The fraction of sp³-hybridized carbons (Fsp3) is 0.600. The molecule has 9 aliphatic carbocycles. The van der Waals surface area contributed by atoms with Gasteiger partial charge in [-0.2, -0.15) is 0 Å². The summed E-state index contributed by atoms with van der Waals surface area (Å²) in [6, 6.07) is 58.1. The summed E-state index contributed by atoms with van der Waals surface area (Å²) in [5, 5.41) is 10.7. The van der Waals surface area contributed by atoms with E-state index in [4.69, 9.17) is 53.1 Å². The molecule has 8 heterocycles. The molecule has 5 saturated carbocycles. The van der Waals surface area contributed by atoms with Gasteiger partial charge in [-0.1, -0.05) is 186 Å². The Morgan fingerprint density at radius 1 is 0.370 bits per heavy atom. The van der Waals surface area contributed by atoms with Crippen molar-refractivity contribution in [3.05, 3.63) is 262 Å². The van der Waals surface area contributed by atoms with Gasteiger partial charge in [0.05, 0.1) is 53.3 Å². The van der Waals surface area contributed by atoms with Crippen molar-refractivity contribution in [2.75, 3.05) is 46.1 Å². The monoisotopic (exact) mass is 1870 g/mol. The van der Waals surface area contributed by atoms with Crippen LogP contribution in [0, 0.1) is 5.92 Å². The molecular weight excluding hydrogens is 1720 g/mol. The number of amides is 2. The van der Waals surface area contributed by atoms with Crippen molar-refractivity contribution in [3.8, 4) is 0 Å². The van der Waals surface area contributed by atoms with E-state index in [9.17, 15) is 24.3 Å². The van der Waals surface area contributed by atoms with E-state index in [0.717, 1.165) is 174 Å². The SMILES string of the molecule is CC(C)(C)OC(=O)N(CC[C@@]1(c2ccccn2)CCOC2(CCCC2)C1)[C@H]1CCC(=O)c2ccccc21.CC(C)(C)OC(=O)N(CC[C@@]1(c2ccccn2)CCOC2(CCCC2)C1)[C@H]1CC[C@H](O)c2ccccc21.O=C1CC[C@H](CCC[C@@]2(c3ccccn3)CCOC3(CCCC3)C2)c2ccccc21.c1ccc([C@]2(CCC[C@H]3CC[C@H](OCC4CC4)c4ccccc43)CCOC3(CCCC3)C2)nc1. The Balaban J connectivity index is 0.000000123. The average molecular weight is 1870 g/mol. The summed E-state index contributed by atoms with van der Waals surface area (Å²) in [7, 11) is 0. The van der Waals surface area contributed by atoms with E-state index in [2.05, 4.69) is 97.1 Å². The van der Waals surface area contributed by atoms with Crippen LogP contribution >= 0.6 is 0 Å². The Morgan fingerprint density at radius 2 is 0.717 bits per heavy atom. The first kappa shape index (κ1) is 99.3. The molecule has 13 aliphatic rings. The van der Waals surface area contributed by atoms with Crippen molar-refractivity contribution in [1.29, 1.82) is 0 Å². The zero-order chi connectivity index (χ0) is 95.5. The fourth-order valence-electron chi connectivity index (χ4n) is 27.5. The molecule has 4 aromatic heterocycles. The number of aromatic nitrogens is 4. The predicted octanol–water partition coefficient (Wildman–Crippen LogP) is 27.5. The molecule has 8 aromatic rings. The van der Waals surface area contributed by atoms with Gasteiger partial charge in [0.15, 0.2) is 11.6 Å². The van der Waals surface area contributed by atoms with E-state index in [0.29, 0.717) is 75.5 Å². The van der Waals surface area contributed by atoms with Crippen molar-refractivity contribution in [3.63, 3.8) is 0 Å². The number of aliphatic hydroxyl groups excluding tert-OH is 1. The van der Waals surface area contributed by atoms with Gasteiger partial charge in [0.2, 0.25) is 0 Å². The molecule has 4 aromatic carbocycles. The summed E-state index contributed by atoms with van der Waals surface area (Å²) in [6.45, 7) is 16.7. The topological polar surface area (TPSA) is 211 Å². The van der Waals surface area contributed by atoms with Crippen molar-refractivity contribution < 1.29 is 57.4 Å². The van der Waals surface area contributed by atoms with E-state index in [1.54, 1.807) is 5.56 Å². The molecule has 18 nitrogen and oxygen atoms in total. The van der Waals surface area contributed by atoms with Crippen LogP contribution in [0.25, 0.3) is 0 Å². The van der Waals surface area contributed by atoms with Gasteiger partial charge in [0, 0.05) is 133 Å². The molecule has 4 spiro atoms. The highest BCUT2D eigenvalue weighted by molar-refractivity contribution is 5.99. The first-order chi connectivity index (χ1) is 66.9. The zero-order valence-electron chi connectivity index (χ0n) is 83.8. The lowest BCUT2D eigenvalue weighted by Crippen LogP contribution is -2.49. The number of aliphatic hydroxyl groups is 1. The third kappa shape index (κ3) is 23.2. The molecule has 21 rings (SSSR count). The normalized spacial score (nSPS) is 27.5. The summed E-state index contributed by atoms with van der Waals surface area (Å²) in [4.78, 5) is 75.6. The fourth-order valence-corrected chi connectivity index (χ4v) is 27.5.